The summed E-state index contributed by atoms with van der Waals surface area (Å²) in [6.07, 6.45) is 6.66. The number of hydrogen-bond acceptors (Lipinski definition) is 3. The van der Waals surface area contributed by atoms with E-state index in [0.717, 1.165) is 37.5 Å². The Bertz CT molecular complexity index is 406. The quantitative estimate of drug-likeness (QED) is 0.712. The maximum Gasteiger partial charge on any atom is 0.142 e. The van der Waals surface area contributed by atoms with Gasteiger partial charge in [-0.15, -0.1) is 0 Å². The van der Waals surface area contributed by atoms with Crippen LogP contribution in [0.15, 0.2) is 18.2 Å². The van der Waals surface area contributed by atoms with Crippen LogP contribution in [0.2, 0.25) is 0 Å². The van der Waals surface area contributed by atoms with Crippen molar-refractivity contribution in [3.8, 4) is 5.75 Å². The van der Waals surface area contributed by atoms with Gasteiger partial charge in [-0.05, 0) is 50.6 Å². The van der Waals surface area contributed by atoms with Crippen LogP contribution in [0.3, 0.4) is 0 Å². The van der Waals surface area contributed by atoms with E-state index >= 15 is 0 Å². The summed E-state index contributed by atoms with van der Waals surface area (Å²) < 4.78 is 5.79. The zero-order chi connectivity index (χ0) is 14.2. The van der Waals surface area contributed by atoms with Gasteiger partial charge in [-0.3, -0.25) is 0 Å². The van der Waals surface area contributed by atoms with Gasteiger partial charge in [-0.2, -0.15) is 0 Å². The van der Waals surface area contributed by atoms with Crippen LogP contribution in [0.1, 0.15) is 45.1 Å². The lowest BCUT2D eigenvalue weighted by Gasteiger charge is -2.25. The summed E-state index contributed by atoms with van der Waals surface area (Å²) in [6, 6.07) is 6.49. The molecular formula is C17H28N2O. The van der Waals surface area contributed by atoms with Gasteiger partial charge in [0.05, 0.1) is 12.2 Å². The van der Waals surface area contributed by atoms with Crippen molar-refractivity contribution in [1.82, 2.24) is 5.32 Å². The molecular weight excluding hydrogens is 248 g/mol. The van der Waals surface area contributed by atoms with E-state index in [4.69, 9.17) is 4.74 Å². The number of benzene rings is 1. The minimum atomic E-state index is 0.262. The highest BCUT2D eigenvalue weighted by atomic mass is 16.5. The van der Waals surface area contributed by atoms with E-state index in [1.807, 2.05) is 0 Å². The molecule has 1 aromatic carbocycles. The first-order valence-corrected chi connectivity index (χ1v) is 8.03. The maximum absolute atomic E-state index is 5.79. The molecule has 0 saturated heterocycles. The number of hydrogen-bond donors (Lipinski definition) is 2. The fourth-order valence-electron chi connectivity index (χ4n) is 2.52. The Morgan fingerprint density at radius 1 is 1.25 bits per heavy atom. The molecule has 1 heterocycles. The van der Waals surface area contributed by atoms with Gasteiger partial charge < -0.3 is 15.4 Å². The summed E-state index contributed by atoms with van der Waals surface area (Å²) in [6.45, 7) is 7.44. The van der Waals surface area contributed by atoms with Crippen LogP contribution in [0.5, 0.6) is 5.75 Å². The topological polar surface area (TPSA) is 33.3 Å². The van der Waals surface area contributed by atoms with Crippen molar-refractivity contribution in [1.29, 1.82) is 0 Å². The lowest BCUT2D eigenvalue weighted by atomic mass is 10.1. The number of anilines is 1. The van der Waals surface area contributed by atoms with E-state index in [9.17, 15) is 0 Å². The molecule has 0 aromatic heterocycles. The summed E-state index contributed by atoms with van der Waals surface area (Å²) in [5.41, 5.74) is 2.51. The molecule has 20 heavy (non-hydrogen) atoms. The maximum atomic E-state index is 5.79. The van der Waals surface area contributed by atoms with Crippen molar-refractivity contribution in [3.05, 3.63) is 23.8 Å². The summed E-state index contributed by atoms with van der Waals surface area (Å²) in [5.74, 6) is 0.986. The number of fused-ring (bicyclic) bond motifs is 1. The van der Waals surface area contributed by atoms with Gasteiger partial charge in [0, 0.05) is 0 Å². The third-order valence-corrected chi connectivity index (χ3v) is 3.75. The summed E-state index contributed by atoms with van der Waals surface area (Å²) in [7, 11) is 0. The largest absolute Gasteiger partial charge is 0.487 e. The van der Waals surface area contributed by atoms with Gasteiger partial charge in [0.1, 0.15) is 11.9 Å². The minimum absolute atomic E-state index is 0.262. The Hall–Kier alpha value is -1.22. The number of nitrogens with one attached hydrogen (secondary N) is 2. The fourth-order valence-corrected chi connectivity index (χ4v) is 2.52. The number of unbranched alkanes of at least 4 members (excludes halogenated alkanes) is 3. The van der Waals surface area contributed by atoms with Crippen LogP contribution in [-0.4, -0.2) is 25.7 Å². The van der Waals surface area contributed by atoms with E-state index in [1.54, 1.807) is 0 Å². The molecule has 1 aliphatic heterocycles. The van der Waals surface area contributed by atoms with Gasteiger partial charge in [0.15, 0.2) is 0 Å². The van der Waals surface area contributed by atoms with Gasteiger partial charge >= 0.3 is 0 Å². The molecule has 112 valence electrons. The second kappa shape index (κ2) is 8.15. The van der Waals surface area contributed by atoms with Gasteiger partial charge in [0.25, 0.3) is 0 Å². The molecule has 0 saturated carbocycles. The van der Waals surface area contributed by atoms with E-state index in [0.29, 0.717) is 0 Å². The van der Waals surface area contributed by atoms with Crippen molar-refractivity contribution < 1.29 is 4.74 Å². The molecule has 1 aromatic rings. The van der Waals surface area contributed by atoms with Crippen LogP contribution in [0.4, 0.5) is 5.69 Å². The van der Waals surface area contributed by atoms with Crippen LogP contribution < -0.4 is 15.4 Å². The predicted octanol–water partition coefficient (Wildman–Crippen LogP) is 3.59. The molecule has 0 spiro atoms. The third-order valence-electron chi connectivity index (χ3n) is 3.75. The van der Waals surface area contributed by atoms with Crippen molar-refractivity contribution in [2.75, 3.05) is 25.0 Å². The minimum Gasteiger partial charge on any atom is -0.487 e. The van der Waals surface area contributed by atoms with E-state index in [2.05, 4.69) is 42.7 Å². The second-order valence-corrected chi connectivity index (χ2v) is 5.70. The van der Waals surface area contributed by atoms with Crippen molar-refractivity contribution in [2.45, 2.75) is 52.1 Å². The summed E-state index contributed by atoms with van der Waals surface area (Å²) >= 11 is 0. The highest BCUT2D eigenvalue weighted by Crippen LogP contribution is 2.29. The molecule has 3 nitrogen and oxygen atoms in total. The lowest BCUT2D eigenvalue weighted by molar-refractivity contribution is 0.226. The van der Waals surface area contributed by atoms with Crippen LogP contribution in [0.25, 0.3) is 0 Å². The van der Waals surface area contributed by atoms with E-state index in [-0.39, 0.29) is 6.10 Å². The van der Waals surface area contributed by atoms with Crippen LogP contribution in [-0.2, 0) is 6.42 Å². The zero-order valence-corrected chi connectivity index (χ0v) is 12.9. The molecule has 1 atom stereocenters. The molecule has 0 aliphatic carbocycles. The van der Waals surface area contributed by atoms with Crippen molar-refractivity contribution in [3.63, 3.8) is 0 Å². The van der Waals surface area contributed by atoms with E-state index < -0.39 is 0 Å². The van der Waals surface area contributed by atoms with Crippen molar-refractivity contribution in [2.24, 2.45) is 0 Å². The molecule has 0 fully saturated rings. The van der Waals surface area contributed by atoms with Gasteiger partial charge in [0.2, 0.25) is 0 Å². The van der Waals surface area contributed by atoms with Gasteiger partial charge in [-0.25, -0.2) is 0 Å². The molecule has 2 rings (SSSR count). The predicted molar refractivity (Wildman–Crippen MR) is 85.7 cm³/mol. The Balaban J connectivity index is 1.69. The summed E-state index contributed by atoms with van der Waals surface area (Å²) in [4.78, 5) is 0. The zero-order valence-electron chi connectivity index (χ0n) is 12.9. The SMILES string of the molecule is CCCCCCNCCc1ccc2c(c1)NCC(C)O2. The highest BCUT2D eigenvalue weighted by Gasteiger charge is 2.14. The smallest absolute Gasteiger partial charge is 0.142 e. The van der Waals surface area contributed by atoms with Crippen LogP contribution in [0, 0.1) is 0 Å². The lowest BCUT2D eigenvalue weighted by Crippen LogP contribution is -2.27. The Morgan fingerprint density at radius 2 is 2.15 bits per heavy atom. The molecule has 1 unspecified atom stereocenters. The summed E-state index contributed by atoms with van der Waals surface area (Å²) in [5, 5.41) is 6.96. The second-order valence-electron chi connectivity index (χ2n) is 5.70. The molecule has 0 bridgehead atoms. The van der Waals surface area contributed by atoms with Crippen LogP contribution >= 0.6 is 0 Å². The fraction of sp³-hybridized carbons (Fsp3) is 0.647. The normalized spacial score (nSPS) is 17.2. The third kappa shape index (κ3) is 4.71. The molecule has 1 aliphatic rings. The first-order valence-electron chi connectivity index (χ1n) is 8.03. The standard InChI is InChI=1S/C17H28N2O/c1-3-4-5-6-10-18-11-9-15-7-8-17-16(12-15)19-13-14(2)20-17/h7-8,12,14,18-19H,3-6,9-11,13H2,1-2H3. The van der Waals surface area contributed by atoms with Gasteiger partial charge in [-0.1, -0.05) is 32.3 Å². The Morgan fingerprint density at radius 3 is 3.00 bits per heavy atom. The first kappa shape index (κ1) is 15.2. The molecule has 3 heteroatoms. The number of rotatable bonds is 8. The molecule has 0 amide bonds. The average Bonchev–Trinajstić information content (AvgIpc) is 2.46. The first-order chi connectivity index (χ1) is 9.79. The Kier molecular flexibility index (Phi) is 6.19. The average molecular weight is 276 g/mol. The Labute approximate surface area is 123 Å². The van der Waals surface area contributed by atoms with E-state index in [1.165, 1.54) is 31.2 Å². The molecule has 0 radical (unpaired) electrons. The highest BCUT2D eigenvalue weighted by molar-refractivity contribution is 5.59. The number of ether oxygens (including phenoxy) is 1. The van der Waals surface area contributed by atoms with Crippen molar-refractivity contribution >= 4 is 5.69 Å². The molecule has 2 N–H and O–H groups in total. The monoisotopic (exact) mass is 276 g/mol.